The van der Waals surface area contributed by atoms with E-state index in [1.165, 1.54) is 16.5 Å². The zero-order valence-electron chi connectivity index (χ0n) is 21.7. The van der Waals surface area contributed by atoms with E-state index in [0.29, 0.717) is 32.9 Å². The van der Waals surface area contributed by atoms with Gasteiger partial charge in [-0.3, -0.25) is 19.3 Å². The molecule has 0 aliphatic heterocycles. The Hall–Kier alpha value is -4.04. The van der Waals surface area contributed by atoms with Gasteiger partial charge in [0.1, 0.15) is 18.1 Å². The van der Waals surface area contributed by atoms with Gasteiger partial charge in [0, 0.05) is 22.3 Å². The molecule has 39 heavy (non-hydrogen) atoms. The number of hydrogen-bond donors (Lipinski definition) is 1. The Morgan fingerprint density at radius 3 is 2.49 bits per heavy atom. The molecular weight excluding hydrogens is 514 g/mol. The van der Waals surface area contributed by atoms with E-state index in [9.17, 15) is 14.4 Å². The van der Waals surface area contributed by atoms with Gasteiger partial charge in [-0.1, -0.05) is 72.5 Å². The van der Waals surface area contributed by atoms with Crippen LogP contribution in [0.3, 0.4) is 0 Å². The van der Waals surface area contributed by atoms with Gasteiger partial charge in [-0.25, -0.2) is 4.68 Å². The van der Waals surface area contributed by atoms with Crippen molar-refractivity contribution >= 4 is 45.9 Å². The molecule has 8 nitrogen and oxygen atoms in total. The molecule has 0 spiro atoms. The number of halogens is 1. The van der Waals surface area contributed by atoms with E-state index < -0.39 is 6.04 Å². The second-order valence-corrected chi connectivity index (χ2v) is 10.3. The number of hydrogen-bond acceptors (Lipinski definition) is 5. The quantitative estimate of drug-likeness (QED) is 0.295. The lowest BCUT2D eigenvalue weighted by Gasteiger charge is -2.33. The maximum absolute atomic E-state index is 14.2. The molecule has 4 aromatic rings. The summed E-state index contributed by atoms with van der Waals surface area (Å²) < 4.78 is 1.53. The smallest absolute Gasteiger partial charge is 0.249 e. The van der Waals surface area contributed by atoms with Crippen LogP contribution < -0.4 is 10.2 Å². The number of fused-ring (bicyclic) bond motifs is 1. The number of anilines is 1. The topological polar surface area (TPSA) is 97.2 Å². The molecular formula is C30H30ClN5O3. The summed E-state index contributed by atoms with van der Waals surface area (Å²) in [4.78, 5) is 41.9. The second-order valence-electron chi connectivity index (χ2n) is 9.90. The van der Waals surface area contributed by atoms with Crippen LogP contribution in [0.4, 0.5) is 5.69 Å². The molecule has 1 N–H and O–H groups in total. The van der Waals surface area contributed by atoms with Crippen LogP contribution in [0.1, 0.15) is 61.0 Å². The van der Waals surface area contributed by atoms with Crippen LogP contribution in [0.5, 0.6) is 0 Å². The number of benzene rings is 3. The zero-order chi connectivity index (χ0) is 27.4. The first-order chi connectivity index (χ1) is 18.9. The molecule has 1 heterocycles. The molecule has 0 bridgehead atoms. The number of rotatable bonds is 8. The molecule has 1 saturated carbocycles. The normalized spacial score (nSPS) is 14.6. The molecule has 0 unspecified atom stereocenters. The van der Waals surface area contributed by atoms with Gasteiger partial charge in [0.05, 0.1) is 5.52 Å². The molecule has 9 heteroatoms. The van der Waals surface area contributed by atoms with Crippen molar-refractivity contribution < 1.29 is 14.4 Å². The highest BCUT2D eigenvalue weighted by atomic mass is 35.5. The third kappa shape index (κ3) is 6.01. The maximum Gasteiger partial charge on any atom is 0.249 e. The molecule has 0 saturated heterocycles. The van der Waals surface area contributed by atoms with Crippen molar-refractivity contribution in [3.8, 4) is 0 Å². The molecule has 3 aromatic carbocycles. The number of para-hydroxylation sites is 1. The van der Waals surface area contributed by atoms with Crippen molar-refractivity contribution in [3.63, 3.8) is 0 Å². The van der Waals surface area contributed by atoms with Gasteiger partial charge in [0.25, 0.3) is 0 Å². The van der Waals surface area contributed by atoms with Gasteiger partial charge in [0.15, 0.2) is 5.78 Å². The fraction of sp³-hybridized carbons (Fsp3) is 0.300. The van der Waals surface area contributed by atoms with Crippen molar-refractivity contribution in [2.75, 3.05) is 4.90 Å². The predicted molar refractivity (Wildman–Crippen MR) is 151 cm³/mol. The van der Waals surface area contributed by atoms with Crippen molar-refractivity contribution in [3.05, 3.63) is 88.9 Å². The van der Waals surface area contributed by atoms with Crippen LogP contribution in [-0.4, -0.2) is 38.6 Å². The average Bonchev–Trinajstić information content (AvgIpc) is 3.35. The van der Waals surface area contributed by atoms with Crippen molar-refractivity contribution in [1.29, 1.82) is 0 Å². The van der Waals surface area contributed by atoms with Gasteiger partial charge < -0.3 is 5.32 Å². The Bertz CT molecular complexity index is 1490. The predicted octanol–water partition coefficient (Wildman–Crippen LogP) is 5.51. The number of nitrogens with zero attached hydrogens (tertiary/aromatic N) is 4. The van der Waals surface area contributed by atoms with E-state index in [1.54, 1.807) is 48.5 Å². The summed E-state index contributed by atoms with van der Waals surface area (Å²) in [5.74, 6) is -0.791. The van der Waals surface area contributed by atoms with Gasteiger partial charge >= 0.3 is 0 Å². The summed E-state index contributed by atoms with van der Waals surface area (Å²) in [5, 5.41) is 12.1. The summed E-state index contributed by atoms with van der Waals surface area (Å²) in [6.45, 7) is 1.32. The Kier molecular flexibility index (Phi) is 8.02. The Morgan fingerprint density at radius 2 is 1.74 bits per heavy atom. The number of aromatic nitrogens is 3. The third-order valence-corrected chi connectivity index (χ3v) is 7.40. The fourth-order valence-electron chi connectivity index (χ4n) is 5.14. The summed E-state index contributed by atoms with van der Waals surface area (Å²) in [5.41, 5.74) is 2.87. The number of nitrogens with one attached hydrogen (secondary N) is 1. The Balaban J connectivity index is 1.59. The summed E-state index contributed by atoms with van der Waals surface area (Å²) >= 11 is 6.18. The monoisotopic (exact) mass is 543 g/mol. The molecule has 1 aliphatic rings. The van der Waals surface area contributed by atoms with Crippen LogP contribution in [0.2, 0.25) is 5.02 Å². The minimum absolute atomic E-state index is 0.0424. The van der Waals surface area contributed by atoms with Gasteiger partial charge in [0.2, 0.25) is 11.8 Å². The zero-order valence-corrected chi connectivity index (χ0v) is 22.5. The molecule has 1 aliphatic carbocycles. The summed E-state index contributed by atoms with van der Waals surface area (Å²) in [7, 11) is 0. The maximum atomic E-state index is 14.2. The number of ketones is 1. The van der Waals surface area contributed by atoms with E-state index in [0.717, 1.165) is 32.1 Å². The van der Waals surface area contributed by atoms with E-state index in [2.05, 4.69) is 15.6 Å². The van der Waals surface area contributed by atoms with Gasteiger partial charge in [-0.15, -0.1) is 5.10 Å². The number of Topliss-reactive ketones (excluding diaryl/α,β-unsaturated/α-hetero) is 1. The van der Waals surface area contributed by atoms with Crippen LogP contribution in [0, 0.1) is 0 Å². The SMILES string of the molecule is CC(=O)c1cccc(N(C(=O)Cn2nnc3ccccc32)[C@@H](C(=O)NC2CCCCC2)c2ccc(Cl)cc2)c1. The third-order valence-electron chi connectivity index (χ3n) is 7.15. The first-order valence-electron chi connectivity index (χ1n) is 13.2. The minimum atomic E-state index is -0.992. The molecule has 1 atom stereocenters. The average molecular weight is 544 g/mol. The van der Waals surface area contributed by atoms with Crippen LogP contribution in [-0.2, 0) is 16.1 Å². The molecule has 200 valence electrons. The lowest BCUT2D eigenvalue weighted by molar-refractivity contribution is -0.127. The van der Waals surface area contributed by atoms with Gasteiger partial charge in [-0.05, 0) is 61.7 Å². The number of carbonyl (C=O) groups is 3. The summed E-state index contributed by atoms with van der Waals surface area (Å²) in [6, 6.07) is 20.2. The molecule has 0 radical (unpaired) electrons. The van der Waals surface area contributed by atoms with Crippen molar-refractivity contribution in [1.82, 2.24) is 20.3 Å². The Morgan fingerprint density at radius 1 is 1.00 bits per heavy atom. The van der Waals surface area contributed by atoms with E-state index >= 15 is 0 Å². The molecule has 1 fully saturated rings. The van der Waals surface area contributed by atoms with Crippen LogP contribution in [0.15, 0.2) is 72.8 Å². The highest BCUT2D eigenvalue weighted by Crippen LogP contribution is 2.31. The number of carbonyl (C=O) groups excluding carboxylic acids is 3. The minimum Gasteiger partial charge on any atom is -0.351 e. The van der Waals surface area contributed by atoms with Crippen LogP contribution in [0.25, 0.3) is 11.0 Å². The summed E-state index contributed by atoms with van der Waals surface area (Å²) in [6.07, 6.45) is 5.06. The largest absolute Gasteiger partial charge is 0.351 e. The highest BCUT2D eigenvalue weighted by molar-refractivity contribution is 6.30. The molecule has 5 rings (SSSR count). The first kappa shape index (κ1) is 26.6. The highest BCUT2D eigenvalue weighted by Gasteiger charge is 2.34. The van der Waals surface area contributed by atoms with E-state index in [1.807, 2.05) is 24.3 Å². The van der Waals surface area contributed by atoms with Crippen molar-refractivity contribution in [2.45, 2.75) is 57.7 Å². The second kappa shape index (κ2) is 11.8. The van der Waals surface area contributed by atoms with E-state index in [-0.39, 0.29) is 30.2 Å². The molecule has 2 amide bonds. The lowest BCUT2D eigenvalue weighted by Crippen LogP contribution is -2.48. The van der Waals surface area contributed by atoms with E-state index in [4.69, 9.17) is 11.6 Å². The van der Waals surface area contributed by atoms with Crippen molar-refractivity contribution in [2.24, 2.45) is 0 Å². The fourth-order valence-corrected chi connectivity index (χ4v) is 5.27. The Labute approximate surface area is 231 Å². The molecule has 1 aromatic heterocycles. The standard InChI is InChI=1S/C30H30ClN5O3/c1-20(37)22-8-7-11-25(18-22)36(28(38)19-35-27-13-6-5-12-26(27)33-34-35)29(21-14-16-23(31)17-15-21)30(39)32-24-9-3-2-4-10-24/h5-8,11-18,24,29H,2-4,9-10,19H2,1H3,(H,32,39)/t29-/m1/s1. The van der Waals surface area contributed by atoms with Gasteiger partial charge in [-0.2, -0.15) is 0 Å². The number of amides is 2. The lowest BCUT2D eigenvalue weighted by atomic mass is 9.94. The van der Waals surface area contributed by atoms with Crippen LogP contribution >= 0.6 is 11.6 Å². The first-order valence-corrected chi connectivity index (χ1v) is 13.6.